The Bertz CT molecular complexity index is 1060. The molecule has 5 rings (SSSR count). The van der Waals surface area contributed by atoms with Gasteiger partial charge in [0, 0.05) is 18.4 Å². The van der Waals surface area contributed by atoms with Crippen LogP contribution in [0.2, 0.25) is 0 Å². The molecule has 1 aromatic carbocycles. The Labute approximate surface area is 210 Å². The zero-order valence-electron chi connectivity index (χ0n) is 21.7. The Morgan fingerprint density at radius 1 is 0.914 bits per heavy atom. The van der Waals surface area contributed by atoms with E-state index in [2.05, 4.69) is 25.7 Å². The van der Waals surface area contributed by atoms with Crippen LogP contribution < -0.4 is 4.74 Å². The topological polar surface area (TPSA) is 63.6 Å². The Morgan fingerprint density at radius 3 is 2.31 bits per heavy atom. The van der Waals surface area contributed by atoms with E-state index in [0.717, 1.165) is 43.6 Å². The van der Waals surface area contributed by atoms with Crippen molar-refractivity contribution in [1.82, 2.24) is 0 Å². The number of hydrogen-bond donors (Lipinski definition) is 1. The van der Waals surface area contributed by atoms with Crippen LogP contribution in [-0.4, -0.2) is 22.5 Å². The third kappa shape index (κ3) is 4.25. The van der Waals surface area contributed by atoms with Crippen LogP contribution in [-0.2, 0) is 9.59 Å². The number of ketones is 1. The number of hydrogen-bond acceptors (Lipinski definition) is 4. The molecule has 4 aliphatic carbocycles. The minimum Gasteiger partial charge on any atom is -0.427 e. The molecular formula is C31H40O4. The van der Waals surface area contributed by atoms with E-state index in [-0.39, 0.29) is 22.7 Å². The zero-order chi connectivity index (χ0) is 25.0. The van der Waals surface area contributed by atoms with Gasteiger partial charge in [0.1, 0.15) is 17.1 Å². The summed E-state index contributed by atoms with van der Waals surface area (Å²) in [5, 5.41) is 11.5. The van der Waals surface area contributed by atoms with Gasteiger partial charge in [-0.2, -0.15) is 0 Å². The highest BCUT2D eigenvalue weighted by Gasteiger charge is 2.61. The first kappa shape index (κ1) is 24.6. The van der Waals surface area contributed by atoms with Crippen molar-refractivity contribution in [2.24, 2.45) is 40.4 Å². The van der Waals surface area contributed by atoms with Gasteiger partial charge in [-0.25, -0.2) is 0 Å². The molecule has 0 amide bonds. The van der Waals surface area contributed by atoms with E-state index in [1.807, 2.05) is 12.1 Å². The molecule has 0 unspecified atom stereocenters. The van der Waals surface area contributed by atoms with Gasteiger partial charge in [0.05, 0.1) is 0 Å². The Morgan fingerprint density at radius 2 is 1.63 bits per heavy atom. The molecule has 1 N–H and O–H groups in total. The first-order chi connectivity index (χ1) is 16.5. The average Bonchev–Trinajstić information content (AvgIpc) is 3.16. The van der Waals surface area contributed by atoms with E-state index in [9.17, 15) is 14.7 Å². The fourth-order valence-electron chi connectivity index (χ4n) is 8.99. The van der Waals surface area contributed by atoms with Crippen molar-refractivity contribution in [3.8, 4) is 17.6 Å². The molecule has 1 aromatic rings. The van der Waals surface area contributed by atoms with Gasteiger partial charge in [-0.15, -0.1) is 0 Å². The van der Waals surface area contributed by atoms with Crippen molar-refractivity contribution in [1.29, 1.82) is 0 Å². The molecule has 0 aromatic heterocycles. The van der Waals surface area contributed by atoms with Gasteiger partial charge in [0.2, 0.25) is 0 Å². The summed E-state index contributed by atoms with van der Waals surface area (Å²) in [5.41, 5.74) is 0.335. The maximum Gasteiger partial charge on any atom is 0.308 e. The van der Waals surface area contributed by atoms with Gasteiger partial charge in [-0.05, 0) is 123 Å². The minimum absolute atomic E-state index is 0.197. The van der Waals surface area contributed by atoms with Crippen LogP contribution in [0.5, 0.6) is 5.75 Å². The lowest BCUT2D eigenvalue weighted by Crippen LogP contribution is -2.56. The number of esters is 1. The SMILES string of the molecule is CC(=O)Oc1ccc(C#C[C@]2(O)CC[C@@]3(C)[C@H](CC[C@@H]4[C@@H]3CC[C@]3(C)[C@@H](C(C)=O)CC[C@@H]43)C2)cc1. The van der Waals surface area contributed by atoms with Gasteiger partial charge in [0.15, 0.2) is 0 Å². The molecule has 35 heavy (non-hydrogen) atoms. The van der Waals surface area contributed by atoms with Crippen molar-refractivity contribution in [3.05, 3.63) is 29.8 Å². The van der Waals surface area contributed by atoms with Crippen LogP contribution >= 0.6 is 0 Å². The van der Waals surface area contributed by atoms with E-state index in [4.69, 9.17) is 4.74 Å². The molecule has 4 nitrogen and oxygen atoms in total. The normalized spacial score (nSPS) is 42.0. The van der Waals surface area contributed by atoms with Gasteiger partial charge >= 0.3 is 5.97 Å². The molecule has 8 atom stereocenters. The van der Waals surface area contributed by atoms with Gasteiger partial charge in [-0.1, -0.05) is 25.7 Å². The summed E-state index contributed by atoms with van der Waals surface area (Å²) in [5.74, 6) is 9.84. The molecule has 0 saturated heterocycles. The smallest absolute Gasteiger partial charge is 0.308 e. The fourth-order valence-corrected chi connectivity index (χ4v) is 8.99. The van der Waals surface area contributed by atoms with Crippen molar-refractivity contribution in [2.75, 3.05) is 0 Å². The highest BCUT2D eigenvalue weighted by molar-refractivity contribution is 5.79. The predicted molar refractivity (Wildman–Crippen MR) is 135 cm³/mol. The first-order valence-corrected chi connectivity index (χ1v) is 13.6. The Hall–Kier alpha value is -2.12. The predicted octanol–water partition coefficient (Wildman–Crippen LogP) is 5.94. The molecule has 0 radical (unpaired) electrons. The number of Topliss-reactive ketones (excluding diaryl/α,β-unsaturated/α-hetero) is 1. The highest BCUT2D eigenvalue weighted by atomic mass is 16.5. The third-order valence-electron chi connectivity index (χ3n) is 10.8. The van der Waals surface area contributed by atoms with E-state index in [1.165, 1.54) is 32.6 Å². The van der Waals surface area contributed by atoms with E-state index < -0.39 is 5.60 Å². The lowest BCUT2D eigenvalue weighted by atomic mass is 9.44. The summed E-state index contributed by atoms with van der Waals surface area (Å²) in [4.78, 5) is 23.5. The van der Waals surface area contributed by atoms with Crippen LogP contribution in [0.25, 0.3) is 0 Å². The molecule has 0 heterocycles. The number of ether oxygens (including phenoxy) is 1. The second kappa shape index (κ2) is 8.77. The van der Waals surface area contributed by atoms with Gasteiger partial charge in [0.25, 0.3) is 0 Å². The lowest BCUT2D eigenvalue weighted by Gasteiger charge is -2.61. The van der Waals surface area contributed by atoms with Crippen molar-refractivity contribution >= 4 is 11.8 Å². The largest absolute Gasteiger partial charge is 0.427 e. The van der Waals surface area contributed by atoms with Crippen LogP contribution in [0.15, 0.2) is 24.3 Å². The van der Waals surface area contributed by atoms with Gasteiger partial charge < -0.3 is 9.84 Å². The van der Waals surface area contributed by atoms with E-state index >= 15 is 0 Å². The molecule has 0 spiro atoms. The minimum atomic E-state index is -0.943. The maximum atomic E-state index is 12.4. The third-order valence-corrected chi connectivity index (χ3v) is 10.8. The molecule has 188 valence electrons. The number of carbonyl (C=O) groups is 2. The molecule has 4 saturated carbocycles. The number of benzene rings is 1. The summed E-state index contributed by atoms with van der Waals surface area (Å²) in [6, 6.07) is 7.15. The number of fused-ring (bicyclic) bond motifs is 5. The van der Waals surface area contributed by atoms with Crippen LogP contribution in [0, 0.1) is 52.3 Å². The molecule has 4 heteroatoms. The monoisotopic (exact) mass is 476 g/mol. The van der Waals surface area contributed by atoms with E-state index in [1.54, 1.807) is 19.1 Å². The summed E-state index contributed by atoms with van der Waals surface area (Å²) in [7, 11) is 0. The molecular weight excluding hydrogens is 436 g/mol. The Kier molecular flexibility index (Phi) is 6.16. The first-order valence-electron chi connectivity index (χ1n) is 13.6. The average molecular weight is 477 g/mol. The number of carbonyl (C=O) groups excluding carboxylic acids is 2. The number of aliphatic hydroxyl groups is 1. The lowest BCUT2D eigenvalue weighted by molar-refractivity contribution is -0.144. The Balaban J connectivity index is 1.30. The van der Waals surface area contributed by atoms with E-state index in [0.29, 0.717) is 29.3 Å². The van der Waals surface area contributed by atoms with Crippen LogP contribution in [0.1, 0.15) is 91.0 Å². The van der Waals surface area contributed by atoms with Crippen LogP contribution in [0.4, 0.5) is 0 Å². The quantitative estimate of drug-likeness (QED) is 0.326. The van der Waals surface area contributed by atoms with Crippen molar-refractivity contribution in [2.45, 2.75) is 91.1 Å². The molecule has 4 fully saturated rings. The highest BCUT2D eigenvalue weighted by Crippen LogP contribution is 2.68. The molecule has 0 bridgehead atoms. The summed E-state index contributed by atoms with van der Waals surface area (Å²) < 4.78 is 5.09. The molecule has 0 aliphatic heterocycles. The second-order valence-electron chi connectivity index (χ2n) is 12.5. The maximum absolute atomic E-state index is 12.4. The van der Waals surface area contributed by atoms with Crippen LogP contribution in [0.3, 0.4) is 0 Å². The van der Waals surface area contributed by atoms with Crippen molar-refractivity contribution < 1.29 is 19.4 Å². The zero-order valence-corrected chi connectivity index (χ0v) is 21.7. The summed E-state index contributed by atoms with van der Waals surface area (Å²) in [6.07, 6.45) is 9.60. The standard InChI is InChI=1S/C31H40O4/c1-20(32)26-11-12-27-25-10-7-23-19-31(34,16-13-22-5-8-24(9-6-22)35-21(2)33)18-17-29(23,3)28(25)14-15-30(26,27)4/h5-6,8-9,23,25-28,34H,7,10-12,14-15,17-19H2,1-4H3/t23-,25+,26-,27+,28+,29+,30-,31+/m1/s1. The van der Waals surface area contributed by atoms with Crippen molar-refractivity contribution in [3.63, 3.8) is 0 Å². The fraction of sp³-hybridized carbons (Fsp3) is 0.677. The summed E-state index contributed by atoms with van der Waals surface area (Å²) in [6.45, 7) is 8.10. The van der Waals surface area contributed by atoms with Gasteiger partial charge in [-0.3, -0.25) is 9.59 Å². The summed E-state index contributed by atoms with van der Waals surface area (Å²) >= 11 is 0. The second-order valence-corrected chi connectivity index (χ2v) is 12.5. The molecule has 4 aliphatic rings. The number of rotatable bonds is 2.